The maximum Gasteiger partial charge on any atom is 0.305 e. The fraction of sp³-hybridized carbons (Fsp3) is 0.447. The van der Waals surface area contributed by atoms with Crippen molar-refractivity contribution in [3.8, 4) is 5.75 Å². The van der Waals surface area contributed by atoms with Crippen LogP contribution >= 0.6 is 11.6 Å². The molecular weight excluding hydrogens is 660 g/mol. The molecule has 0 bridgehead atoms. The Bertz CT molecular complexity index is 1640. The molecule has 0 saturated carbocycles. The highest BCUT2D eigenvalue weighted by Gasteiger charge is 2.66. The molecule has 2 aliphatic rings. The summed E-state index contributed by atoms with van der Waals surface area (Å²) in [6.45, 7) is 7.39. The highest BCUT2D eigenvalue weighted by molar-refractivity contribution is 6.91. The van der Waals surface area contributed by atoms with Crippen molar-refractivity contribution in [1.82, 2.24) is 4.90 Å². The SMILES string of the molecule is COC(=O)CCCCN1C(=O)[C@]2(O[C@H](CC(=O)N(CCO)Cc3ccccc3)[C@@H]([Si](C)(C)c3ccc(OC)cc3)[C@@H]2C)c2cc(Cl)ccc21. The number of carbonyl (C=O) groups is 3. The van der Waals surface area contributed by atoms with Gasteiger partial charge in [-0.25, -0.2) is 0 Å². The number of anilines is 1. The summed E-state index contributed by atoms with van der Waals surface area (Å²) in [5, 5.41) is 11.6. The zero-order valence-electron chi connectivity index (χ0n) is 29.0. The first-order valence-corrected chi connectivity index (χ1v) is 20.4. The summed E-state index contributed by atoms with van der Waals surface area (Å²) in [4.78, 5) is 44.2. The van der Waals surface area contributed by atoms with Crippen molar-refractivity contribution in [1.29, 1.82) is 0 Å². The van der Waals surface area contributed by atoms with E-state index in [-0.39, 0.29) is 55.2 Å². The standard InChI is InChI=1S/C38H47ClN2O7Si/c1-26-36(49(4,5)30-17-15-29(46-2)16-18-30)33(24-34(43)40(21-22-42)25-27-11-7-6-8-12-27)48-38(26)31-23-28(39)14-19-32(31)41(37(38)45)20-10-9-13-35(44)47-3/h6-8,11-12,14-19,23,26,33,36,42H,9-10,13,20-22,24-25H2,1-5H3/t26-,33+,36-,38+/m0/s1. The summed E-state index contributed by atoms with van der Waals surface area (Å²) in [5.41, 5.74) is 0.910. The molecule has 11 heteroatoms. The Morgan fingerprint density at radius 1 is 1.04 bits per heavy atom. The molecule has 2 amide bonds. The van der Waals surface area contributed by atoms with Crippen molar-refractivity contribution >= 4 is 48.3 Å². The molecule has 5 rings (SSSR count). The van der Waals surface area contributed by atoms with Gasteiger partial charge in [0, 0.05) is 42.6 Å². The van der Waals surface area contributed by atoms with Crippen LogP contribution in [0.2, 0.25) is 23.7 Å². The molecule has 1 saturated heterocycles. The molecule has 0 radical (unpaired) electrons. The third kappa shape index (κ3) is 7.29. The van der Waals surface area contributed by atoms with Gasteiger partial charge in [0.25, 0.3) is 5.91 Å². The van der Waals surface area contributed by atoms with Gasteiger partial charge in [0.15, 0.2) is 5.60 Å². The van der Waals surface area contributed by atoms with Gasteiger partial charge in [-0.3, -0.25) is 14.4 Å². The van der Waals surface area contributed by atoms with E-state index in [2.05, 4.69) is 32.2 Å². The average molecular weight is 707 g/mol. The first kappa shape index (κ1) is 36.6. The van der Waals surface area contributed by atoms with E-state index in [4.69, 9.17) is 25.8 Å². The van der Waals surface area contributed by atoms with Gasteiger partial charge in [-0.15, -0.1) is 0 Å². The summed E-state index contributed by atoms with van der Waals surface area (Å²) in [5.74, 6) is -0.156. The number of amides is 2. The van der Waals surface area contributed by atoms with Crippen molar-refractivity contribution in [3.63, 3.8) is 0 Å². The molecule has 1 spiro atoms. The Balaban J connectivity index is 1.54. The second kappa shape index (κ2) is 15.5. The second-order valence-electron chi connectivity index (χ2n) is 13.5. The number of nitrogens with zero attached hydrogens (tertiary/aromatic N) is 2. The number of carbonyl (C=O) groups excluding carboxylic acids is 3. The third-order valence-electron chi connectivity index (χ3n) is 10.4. The van der Waals surface area contributed by atoms with Crippen LogP contribution in [0.3, 0.4) is 0 Å². The Morgan fingerprint density at radius 2 is 1.76 bits per heavy atom. The number of rotatable bonds is 14. The first-order chi connectivity index (χ1) is 23.5. The largest absolute Gasteiger partial charge is 0.497 e. The second-order valence-corrected chi connectivity index (χ2v) is 18.7. The lowest BCUT2D eigenvalue weighted by atomic mass is 9.82. The monoisotopic (exact) mass is 706 g/mol. The van der Waals surface area contributed by atoms with E-state index in [1.54, 1.807) is 23.0 Å². The third-order valence-corrected chi connectivity index (χ3v) is 14.9. The summed E-state index contributed by atoms with van der Waals surface area (Å²) < 4.78 is 17.3. The summed E-state index contributed by atoms with van der Waals surface area (Å²) >= 11 is 6.61. The molecule has 0 aliphatic carbocycles. The number of hydrogen-bond donors (Lipinski definition) is 1. The van der Waals surface area contributed by atoms with E-state index in [9.17, 15) is 19.5 Å². The van der Waals surface area contributed by atoms with Crippen LogP contribution in [0.4, 0.5) is 5.69 Å². The van der Waals surface area contributed by atoms with Gasteiger partial charge >= 0.3 is 5.97 Å². The molecular formula is C38H47ClN2O7Si. The molecule has 9 nitrogen and oxygen atoms in total. The number of benzene rings is 3. The normalized spacial score (nSPS) is 21.6. The van der Waals surface area contributed by atoms with Crippen LogP contribution in [-0.4, -0.2) is 75.9 Å². The van der Waals surface area contributed by atoms with E-state index in [0.29, 0.717) is 36.5 Å². The predicted molar refractivity (Wildman–Crippen MR) is 193 cm³/mol. The van der Waals surface area contributed by atoms with Crippen LogP contribution in [0.5, 0.6) is 5.75 Å². The van der Waals surface area contributed by atoms with Crippen LogP contribution in [-0.2, 0) is 36.0 Å². The molecule has 4 atom stereocenters. The molecule has 0 aromatic heterocycles. The number of esters is 1. The summed E-state index contributed by atoms with van der Waals surface area (Å²) in [6.07, 6.45) is 0.907. The lowest BCUT2D eigenvalue weighted by Gasteiger charge is -2.37. The number of methoxy groups -OCH3 is 2. The minimum atomic E-state index is -2.49. The molecule has 0 unspecified atom stereocenters. The molecule has 1 fully saturated rings. The number of aliphatic hydroxyl groups is 1. The number of halogens is 1. The van der Waals surface area contributed by atoms with Crippen molar-refractivity contribution in [3.05, 3.63) is 88.9 Å². The van der Waals surface area contributed by atoms with Crippen molar-refractivity contribution in [2.45, 2.75) is 69.5 Å². The van der Waals surface area contributed by atoms with E-state index >= 15 is 0 Å². The number of hydrogen-bond acceptors (Lipinski definition) is 7. The Kier molecular flexibility index (Phi) is 11.5. The minimum absolute atomic E-state index is 0.0541. The fourth-order valence-electron chi connectivity index (χ4n) is 7.87. The molecule has 1 N–H and O–H groups in total. The van der Waals surface area contributed by atoms with Crippen LogP contribution in [0.1, 0.15) is 43.7 Å². The average Bonchev–Trinajstić information content (AvgIpc) is 3.52. The van der Waals surface area contributed by atoms with E-state index in [1.807, 2.05) is 54.6 Å². The predicted octanol–water partition coefficient (Wildman–Crippen LogP) is 5.67. The zero-order valence-corrected chi connectivity index (χ0v) is 30.7. The van der Waals surface area contributed by atoms with Crippen molar-refractivity contribution < 1.29 is 33.7 Å². The highest BCUT2D eigenvalue weighted by Crippen LogP contribution is 2.60. The first-order valence-electron chi connectivity index (χ1n) is 16.9. The lowest BCUT2D eigenvalue weighted by molar-refractivity contribution is -0.149. The summed E-state index contributed by atoms with van der Waals surface area (Å²) in [7, 11) is 0.521. The topological polar surface area (TPSA) is 106 Å². The number of unbranched alkanes of at least 4 members (excludes halogenated alkanes) is 1. The molecule has 262 valence electrons. The molecule has 49 heavy (non-hydrogen) atoms. The minimum Gasteiger partial charge on any atom is -0.497 e. The van der Waals surface area contributed by atoms with Gasteiger partial charge in [0.2, 0.25) is 5.91 Å². The molecule has 3 aromatic carbocycles. The van der Waals surface area contributed by atoms with Crippen LogP contribution in [0.25, 0.3) is 0 Å². The van der Waals surface area contributed by atoms with Gasteiger partial charge < -0.3 is 29.1 Å². The number of ether oxygens (including phenoxy) is 3. The quantitative estimate of drug-likeness (QED) is 0.131. The molecule has 2 heterocycles. The van der Waals surface area contributed by atoms with Crippen molar-refractivity contribution in [2.75, 3.05) is 38.8 Å². The smallest absolute Gasteiger partial charge is 0.305 e. The van der Waals surface area contributed by atoms with Crippen LogP contribution in [0, 0.1) is 5.92 Å². The number of fused-ring (bicyclic) bond motifs is 2. The lowest BCUT2D eigenvalue weighted by Crippen LogP contribution is -2.52. The van der Waals surface area contributed by atoms with Gasteiger partial charge in [0.1, 0.15) is 5.75 Å². The van der Waals surface area contributed by atoms with Gasteiger partial charge in [0.05, 0.1) is 47.1 Å². The van der Waals surface area contributed by atoms with E-state index in [0.717, 1.165) is 22.2 Å². The fourth-order valence-corrected chi connectivity index (χ4v) is 12.0. The molecule has 2 aliphatic heterocycles. The number of aliphatic hydroxyl groups excluding tert-OH is 1. The van der Waals surface area contributed by atoms with Crippen LogP contribution in [0.15, 0.2) is 72.8 Å². The maximum atomic E-state index is 14.8. The van der Waals surface area contributed by atoms with Gasteiger partial charge in [-0.05, 0) is 54.3 Å². The van der Waals surface area contributed by atoms with E-state index in [1.165, 1.54) is 7.11 Å². The van der Waals surface area contributed by atoms with E-state index < -0.39 is 19.8 Å². The zero-order chi connectivity index (χ0) is 35.3. The Morgan fingerprint density at radius 3 is 2.41 bits per heavy atom. The summed E-state index contributed by atoms with van der Waals surface area (Å²) in [6, 6.07) is 23.3. The maximum absolute atomic E-state index is 14.8. The van der Waals surface area contributed by atoms with Gasteiger partial charge in [-0.2, -0.15) is 0 Å². The van der Waals surface area contributed by atoms with Crippen LogP contribution < -0.4 is 14.8 Å². The Hall–Kier alpha value is -3.70. The Labute approximate surface area is 295 Å². The molecule has 3 aromatic rings. The highest BCUT2D eigenvalue weighted by atomic mass is 35.5. The van der Waals surface area contributed by atoms with Crippen molar-refractivity contribution in [2.24, 2.45) is 5.92 Å². The van der Waals surface area contributed by atoms with Gasteiger partial charge in [-0.1, -0.05) is 79.3 Å².